The van der Waals surface area contributed by atoms with Gasteiger partial charge in [0.25, 0.3) is 5.91 Å². The fourth-order valence-corrected chi connectivity index (χ4v) is 5.23. The summed E-state index contributed by atoms with van der Waals surface area (Å²) in [7, 11) is 2.13. The van der Waals surface area contributed by atoms with Gasteiger partial charge in [0, 0.05) is 40.1 Å². The van der Waals surface area contributed by atoms with Crippen molar-refractivity contribution in [1.29, 1.82) is 0 Å². The van der Waals surface area contributed by atoms with Crippen molar-refractivity contribution in [2.45, 2.75) is 26.3 Å². The molecule has 0 saturated carbocycles. The monoisotopic (exact) mass is 486 g/mol. The lowest BCUT2D eigenvalue weighted by atomic mass is 9.93. The standard InChI is InChI=1S/C28H27BrN2O/c1-18(2)16-17-31-27(21-8-4-5-9-22(21)28(31)32)25-23-10-6-7-11-24(23)30(3)26(25)19-12-14-20(29)15-13-19/h4-15,18,27H,16-17H2,1-3H3. The summed E-state index contributed by atoms with van der Waals surface area (Å²) >= 11 is 3.57. The van der Waals surface area contributed by atoms with Crippen LogP contribution in [0.1, 0.15) is 47.8 Å². The highest BCUT2D eigenvalue weighted by atomic mass is 79.9. The summed E-state index contributed by atoms with van der Waals surface area (Å²) < 4.78 is 3.33. The first-order chi connectivity index (χ1) is 15.5. The Bertz CT molecular complexity index is 1300. The molecule has 0 spiro atoms. The minimum atomic E-state index is -0.0952. The second-order valence-electron chi connectivity index (χ2n) is 9.02. The van der Waals surface area contributed by atoms with Crippen LogP contribution in [0.5, 0.6) is 0 Å². The number of benzene rings is 3. The van der Waals surface area contributed by atoms with Crippen molar-refractivity contribution < 1.29 is 4.79 Å². The fourth-order valence-electron chi connectivity index (χ4n) is 4.97. The molecule has 0 radical (unpaired) electrons. The molecule has 2 heterocycles. The van der Waals surface area contributed by atoms with Gasteiger partial charge in [-0.05, 0) is 47.7 Å². The van der Waals surface area contributed by atoms with E-state index in [2.05, 4.69) is 107 Å². The largest absolute Gasteiger partial charge is 0.343 e. The molecule has 0 aliphatic carbocycles. The van der Waals surface area contributed by atoms with E-state index in [4.69, 9.17) is 0 Å². The number of fused-ring (bicyclic) bond motifs is 2. The highest BCUT2D eigenvalue weighted by Gasteiger charge is 2.40. The van der Waals surface area contributed by atoms with E-state index in [9.17, 15) is 4.79 Å². The van der Waals surface area contributed by atoms with Gasteiger partial charge >= 0.3 is 0 Å². The second-order valence-corrected chi connectivity index (χ2v) is 9.93. The third-order valence-corrected chi connectivity index (χ3v) is 7.07. The molecule has 4 aromatic rings. The van der Waals surface area contributed by atoms with Crippen LogP contribution in [-0.4, -0.2) is 21.9 Å². The number of hydrogen-bond acceptors (Lipinski definition) is 1. The van der Waals surface area contributed by atoms with Crippen molar-refractivity contribution in [1.82, 2.24) is 9.47 Å². The molecule has 1 amide bonds. The SMILES string of the molecule is CC(C)CCN1C(=O)c2ccccc2C1c1c(-c2ccc(Br)cc2)n(C)c2ccccc12. The van der Waals surface area contributed by atoms with Crippen LogP contribution in [0.3, 0.4) is 0 Å². The van der Waals surface area contributed by atoms with Gasteiger partial charge in [0.2, 0.25) is 0 Å². The number of nitrogens with zero attached hydrogens (tertiary/aromatic N) is 2. The van der Waals surface area contributed by atoms with E-state index in [-0.39, 0.29) is 11.9 Å². The zero-order chi connectivity index (χ0) is 22.4. The first-order valence-electron chi connectivity index (χ1n) is 11.2. The number of amides is 1. The maximum absolute atomic E-state index is 13.5. The molecule has 1 unspecified atom stereocenters. The zero-order valence-corrected chi connectivity index (χ0v) is 20.3. The van der Waals surface area contributed by atoms with Gasteiger partial charge in [-0.25, -0.2) is 0 Å². The summed E-state index contributed by atoms with van der Waals surface area (Å²) in [6.45, 7) is 5.18. The van der Waals surface area contributed by atoms with Gasteiger partial charge < -0.3 is 9.47 Å². The van der Waals surface area contributed by atoms with Crippen LogP contribution in [0, 0.1) is 5.92 Å². The summed E-state index contributed by atoms with van der Waals surface area (Å²) in [5, 5.41) is 1.21. The molecule has 0 saturated heterocycles. The first-order valence-corrected chi connectivity index (χ1v) is 12.0. The molecule has 1 aromatic heterocycles. The number of aryl methyl sites for hydroxylation is 1. The minimum absolute atomic E-state index is 0.0952. The van der Waals surface area contributed by atoms with E-state index >= 15 is 0 Å². The summed E-state index contributed by atoms with van der Waals surface area (Å²) in [5.74, 6) is 0.673. The van der Waals surface area contributed by atoms with Crippen LogP contribution < -0.4 is 0 Å². The van der Waals surface area contributed by atoms with Gasteiger partial charge in [0.15, 0.2) is 0 Å². The lowest BCUT2D eigenvalue weighted by molar-refractivity contribution is 0.0742. The van der Waals surface area contributed by atoms with Crippen LogP contribution in [0.2, 0.25) is 0 Å². The molecule has 0 bridgehead atoms. The van der Waals surface area contributed by atoms with Crippen LogP contribution >= 0.6 is 15.9 Å². The number of para-hydroxylation sites is 1. The molecule has 1 atom stereocenters. The minimum Gasteiger partial charge on any atom is -0.343 e. The predicted molar refractivity (Wildman–Crippen MR) is 135 cm³/mol. The first kappa shape index (κ1) is 21.0. The number of aromatic nitrogens is 1. The second kappa shape index (κ2) is 8.25. The topological polar surface area (TPSA) is 25.2 Å². The molecule has 4 heteroatoms. The highest BCUT2D eigenvalue weighted by molar-refractivity contribution is 9.10. The Balaban J connectivity index is 1.79. The Morgan fingerprint density at radius 2 is 1.62 bits per heavy atom. The van der Waals surface area contributed by atoms with Gasteiger partial charge in [-0.1, -0.05) is 78.3 Å². The van der Waals surface area contributed by atoms with Crippen LogP contribution in [0.4, 0.5) is 0 Å². The molecule has 5 rings (SSSR count). The number of carbonyl (C=O) groups is 1. The average Bonchev–Trinajstić information content (AvgIpc) is 3.24. The lowest BCUT2D eigenvalue weighted by Gasteiger charge is -2.27. The van der Waals surface area contributed by atoms with E-state index in [0.29, 0.717) is 5.92 Å². The van der Waals surface area contributed by atoms with E-state index in [0.717, 1.165) is 34.1 Å². The number of carbonyl (C=O) groups excluding carboxylic acids is 1. The Labute approximate surface area is 197 Å². The number of hydrogen-bond donors (Lipinski definition) is 0. The molecule has 0 N–H and O–H groups in total. The Morgan fingerprint density at radius 1 is 0.938 bits per heavy atom. The van der Waals surface area contributed by atoms with Crippen molar-refractivity contribution in [3.63, 3.8) is 0 Å². The molecular formula is C28H27BrN2O. The maximum atomic E-state index is 13.5. The van der Waals surface area contributed by atoms with Gasteiger partial charge in [-0.2, -0.15) is 0 Å². The van der Waals surface area contributed by atoms with E-state index in [1.165, 1.54) is 22.2 Å². The van der Waals surface area contributed by atoms with E-state index in [1.807, 2.05) is 12.1 Å². The van der Waals surface area contributed by atoms with Gasteiger partial charge in [0.05, 0.1) is 11.7 Å². The average molecular weight is 487 g/mol. The summed E-state index contributed by atoms with van der Waals surface area (Å²) in [6, 6.07) is 25.1. The van der Waals surface area contributed by atoms with Gasteiger partial charge in [-0.3, -0.25) is 4.79 Å². The van der Waals surface area contributed by atoms with Gasteiger partial charge in [0.1, 0.15) is 0 Å². The van der Waals surface area contributed by atoms with E-state index in [1.54, 1.807) is 0 Å². The van der Waals surface area contributed by atoms with Gasteiger partial charge in [-0.15, -0.1) is 0 Å². The lowest BCUT2D eigenvalue weighted by Crippen LogP contribution is -2.30. The third kappa shape index (κ3) is 3.38. The Hall–Kier alpha value is -2.85. The zero-order valence-electron chi connectivity index (χ0n) is 18.7. The predicted octanol–water partition coefficient (Wildman–Crippen LogP) is 7.20. The summed E-state index contributed by atoms with van der Waals surface area (Å²) in [6.07, 6.45) is 0.981. The number of halogens is 1. The molecule has 0 fully saturated rings. The normalized spacial score (nSPS) is 15.7. The summed E-state index contributed by atoms with van der Waals surface area (Å²) in [4.78, 5) is 15.6. The van der Waals surface area contributed by atoms with Crippen LogP contribution in [0.25, 0.3) is 22.2 Å². The third-order valence-electron chi connectivity index (χ3n) is 6.54. The molecule has 162 valence electrons. The molecule has 3 nitrogen and oxygen atoms in total. The van der Waals surface area contributed by atoms with Crippen molar-refractivity contribution in [2.75, 3.05) is 6.54 Å². The highest BCUT2D eigenvalue weighted by Crippen LogP contribution is 2.46. The van der Waals surface area contributed by atoms with Crippen molar-refractivity contribution in [3.05, 3.63) is 94.0 Å². The quantitative estimate of drug-likeness (QED) is 0.292. The Kier molecular flexibility index (Phi) is 5.42. The molecule has 1 aliphatic heterocycles. The smallest absolute Gasteiger partial charge is 0.255 e. The molecule has 3 aromatic carbocycles. The molecule has 1 aliphatic rings. The maximum Gasteiger partial charge on any atom is 0.255 e. The van der Waals surface area contributed by atoms with E-state index < -0.39 is 0 Å². The van der Waals surface area contributed by atoms with Crippen molar-refractivity contribution in [2.24, 2.45) is 13.0 Å². The molecular weight excluding hydrogens is 460 g/mol. The van der Waals surface area contributed by atoms with Crippen LogP contribution in [0.15, 0.2) is 77.3 Å². The van der Waals surface area contributed by atoms with Crippen molar-refractivity contribution >= 4 is 32.7 Å². The molecule has 32 heavy (non-hydrogen) atoms. The Morgan fingerprint density at radius 3 is 2.38 bits per heavy atom. The van der Waals surface area contributed by atoms with Crippen molar-refractivity contribution in [3.8, 4) is 11.3 Å². The number of rotatable bonds is 5. The fraction of sp³-hybridized carbons (Fsp3) is 0.250. The van der Waals surface area contributed by atoms with Crippen LogP contribution in [-0.2, 0) is 7.05 Å². The summed E-state index contributed by atoms with van der Waals surface area (Å²) in [5.41, 5.74) is 6.66.